The summed E-state index contributed by atoms with van der Waals surface area (Å²) in [5.74, 6) is 0.835. The molecule has 1 fully saturated rings. The first kappa shape index (κ1) is 18.6. The first-order valence-corrected chi connectivity index (χ1v) is 8.96. The van der Waals surface area contributed by atoms with Crippen LogP contribution in [0.3, 0.4) is 0 Å². The standard InChI is InChI=1S/C19H31N3O2/c1-15-8-12-22(13-9-15)18-6-4-17(5-7-18)14-20-19(24)21(3)11-10-16(2)23/h4-7,15-16,23H,8-14H2,1-3H3,(H,20,24). The molecule has 2 rings (SSSR count). The van der Waals surface area contributed by atoms with Crippen LogP contribution in [-0.4, -0.2) is 48.8 Å². The van der Waals surface area contributed by atoms with Crippen LogP contribution in [-0.2, 0) is 6.54 Å². The summed E-state index contributed by atoms with van der Waals surface area (Å²) >= 11 is 0. The zero-order chi connectivity index (χ0) is 17.5. The van der Waals surface area contributed by atoms with Crippen molar-refractivity contribution < 1.29 is 9.90 Å². The van der Waals surface area contributed by atoms with E-state index in [-0.39, 0.29) is 12.1 Å². The third kappa shape index (κ3) is 5.71. The van der Waals surface area contributed by atoms with Gasteiger partial charge in [0.25, 0.3) is 0 Å². The summed E-state index contributed by atoms with van der Waals surface area (Å²) in [6.07, 6.45) is 2.73. The van der Waals surface area contributed by atoms with Crippen molar-refractivity contribution in [3.05, 3.63) is 29.8 Å². The summed E-state index contributed by atoms with van der Waals surface area (Å²) in [5, 5.41) is 12.2. The average molecular weight is 333 g/mol. The predicted octanol–water partition coefficient (Wildman–Crippen LogP) is 2.84. The average Bonchev–Trinajstić information content (AvgIpc) is 2.58. The molecule has 1 aromatic rings. The van der Waals surface area contributed by atoms with Crippen LogP contribution < -0.4 is 10.2 Å². The monoisotopic (exact) mass is 333 g/mol. The second-order valence-corrected chi connectivity index (χ2v) is 7.05. The summed E-state index contributed by atoms with van der Waals surface area (Å²) in [5.41, 5.74) is 2.37. The molecule has 1 unspecified atom stereocenters. The van der Waals surface area contributed by atoms with E-state index in [0.29, 0.717) is 19.5 Å². The van der Waals surface area contributed by atoms with E-state index in [1.54, 1.807) is 18.9 Å². The molecule has 24 heavy (non-hydrogen) atoms. The van der Waals surface area contributed by atoms with E-state index >= 15 is 0 Å². The lowest BCUT2D eigenvalue weighted by Gasteiger charge is -2.32. The number of piperidine rings is 1. The lowest BCUT2D eigenvalue weighted by Crippen LogP contribution is -2.38. The summed E-state index contributed by atoms with van der Waals surface area (Å²) in [7, 11) is 1.75. The number of rotatable bonds is 6. The highest BCUT2D eigenvalue weighted by Crippen LogP contribution is 2.23. The number of nitrogens with one attached hydrogen (secondary N) is 1. The third-order valence-corrected chi connectivity index (χ3v) is 4.76. The van der Waals surface area contributed by atoms with Crippen LogP contribution in [0.2, 0.25) is 0 Å². The minimum atomic E-state index is -0.384. The largest absolute Gasteiger partial charge is 0.393 e. The van der Waals surface area contributed by atoms with Gasteiger partial charge in [0.2, 0.25) is 0 Å². The molecule has 1 heterocycles. The van der Waals surface area contributed by atoms with Crippen LogP contribution >= 0.6 is 0 Å². The van der Waals surface area contributed by atoms with Crippen LogP contribution in [0.5, 0.6) is 0 Å². The van der Waals surface area contributed by atoms with Crippen LogP contribution in [0.15, 0.2) is 24.3 Å². The van der Waals surface area contributed by atoms with E-state index in [1.165, 1.54) is 18.5 Å². The van der Waals surface area contributed by atoms with Crippen molar-refractivity contribution in [1.82, 2.24) is 10.2 Å². The Morgan fingerprint density at radius 1 is 1.33 bits per heavy atom. The van der Waals surface area contributed by atoms with Crippen molar-refractivity contribution in [2.75, 3.05) is 31.6 Å². The van der Waals surface area contributed by atoms with Gasteiger partial charge in [0.1, 0.15) is 0 Å². The molecule has 1 aromatic carbocycles. The van der Waals surface area contributed by atoms with Crippen molar-refractivity contribution >= 4 is 11.7 Å². The van der Waals surface area contributed by atoms with E-state index in [4.69, 9.17) is 0 Å². The molecule has 1 saturated heterocycles. The second kappa shape index (κ2) is 8.92. The summed E-state index contributed by atoms with van der Waals surface area (Å²) in [4.78, 5) is 16.0. The Morgan fingerprint density at radius 3 is 2.54 bits per heavy atom. The Kier molecular flexibility index (Phi) is 6.91. The molecule has 1 aliphatic heterocycles. The minimum Gasteiger partial charge on any atom is -0.393 e. The van der Waals surface area contributed by atoms with Gasteiger partial charge < -0.3 is 20.2 Å². The van der Waals surface area contributed by atoms with E-state index in [0.717, 1.165) is 24.6 Å². The van der Waals surface area contributed by atoms with Gasteiger partial charge in [0.15, 0.2) is 0 Å². The first-order chi connectivity index (χ1) is 11.5. The van der Waals surface area contributed by atoms with E-state index < -0.39 is 0 Å². The van der Waals surface area contributed by atoms with Gasteiger partial charge in [0.05, 0.1) is 6.10 Å². The van der Waals surface area contributed by atoms with Crippen molar-refractivity contribution in [2.24, 2.45) is 5.92 Å². The Labute approximate surface area is 145 Å². The molecular weight excluding hydrogens is 302 g/mol. The highest BCUT2D eigenvalue weighted by Gasteiger charge is 2.16. The molecule has 0 radical (unpaired) electrons. The second-order valence-electron chi connectivity index (χ2n) is 7.05. The Balaban J connectivity index is 1.78. The first-order valence-electron chi connectivity index (χ1n) is 8.96. The third-order valence-electron chi connectivity index (χ3n) is 4.76. The van der Waals surface area contributed by atoms with Gasteiger partial charge >= 0.3 is 6.03 Å². The number of hydrogen-bond acceptors (Lipinski definition) is 3. The molecule has 1 aliphatic rings. The molecule has 0 spiro atoms. The molecular formula is C19H31N3O2. The van der Waals surface area contributed by atoms with Crippen LogP contribution in [0.1, 0.15) is 38.7 Å². The summed E-state index contributed by atoms with van der Waals surface area (Å²) in [6.45, 7) is 7.39. The summed E-state index contributed by atoms with van der Waals surface area (Å²) < 4.78 is 0. The van der Waals surface area contributed by atoms with Crippen molar-refractivity contribution in [1.29, 1.82) is 0 Å². The Bertz CT molecular complexity index is 508. The zero-order valence-corrected chi connectivity index (χ0v) is 15.2. The molecule has 5 heteroatoms. The maximum Gasteiger partial charge on any atom is 0.317 e. The van der Waals surface area contributed by atoms with Gasteiger partial charge in [-0.25, -0.2) is 4.79 Å². The van der Waals surface area contributed by atoms with Gasteiger partial charge in [-0.2, -0.15) is 0 Å². The molecule has 1 atom stereocenters. The number of carbonyl (C=O) groups excluding carboxylic acids is 1. The van der Waals surface area contributed by atoms with E-state index in [2.05, 4.69) is 41.4 Å². The molecule has 134 valence electrons. The van der Waals surface area contributed by atoms with Gasteiger partial charge in [-0.15, -0.1) is 0 Å². The topological polar surface area (TPSA) is 55.8 Å². The number of benzene rings is 1. The maximum absolute atomic E-state index is 12.0. The lowest BCUT2D eigenvalue weighted by molar-refractivity contribution is 0.163. The molecule has 5 nitrogen and oxygen atoms in total. The van der Waals surface area contributed by atoms with Crippen LogP contribution in [0.25, 0.3) is 0 Å². The number of hydrogen-bond donors (Lipinski definition) is 2. The fourth-order valence-corrected chi connectivity index (χ4v) is 2.89. The van der Waals surface area contributed by atoms with E-state index in [1.807, 2.05) is 0 Å². The number of aliphatic hydroxyl groups is 1. The zero-order valence-electron chi connectivity index (χ0n) is 15.2. The number of amides is 2. The van der Waals surface area contributed by atoms with Gasteiger partial charge in [-0.05, 0) is 49.8 Å². The van der Waals surface area contributed by atoms with Gasteiger partial charge in [-0.1, -0.05) is 19.1 Å². The number of aliphatic hydroxyl groups excluding tert-OH is 1. The highest BCUT2D eigenvalue weighted by molar-refractivity contribution is 5.73. The smallest absolute Gasteiger partial charge is 0.317 e. The van der Waals surface area contributed by atoms with Crippen LogP contribution in [0.4, 0.5) is 10.5 Å². The van der Waals surface area contributed by atoms with Crippen molar-refractivity contribution in [3.63, 3.8) is 0 Å². The fourth-order valence-electron chi connectivity index (χ4n) is 2.89. The minimum absolute atomic E-state index is 0.107. The molecule has 0 aliphatic carbocycles. The normalized spacial score (nSPS) is 16.8. The fraction of sp³-hybridized carbons (Fsp3) is 0.632. The Hall–Kier alpha value is -1.75. The number of nitrogens with zero attached hydrogens (tertiary/aromatic N) is 2. The lowest BCUT2D eigenvalue weighted by atomic mass is 9.99. The quantitative estimate of drug-likeness (QED) is 0.842. The Morgan fingerprint density at radius 2 is 1.96 bits per heavy atom. The molecule has 0 aromatic heterocycles. The predicted molar refractivity (Wildman–Crippen MR) is 98.2 cm³/mol. The number of carbonyl (C=O) groups is 1. The molecule has 0 bridgehead atoms. The van der Waals surface area contributed by atoms with E-state index in [9.17, 15) is 9.90 Å². The highest BCUT2D eigenvalue weighted by atomic mass is 16.3. The van der Waals surface area contributed by atoms with Crippen molar-refractivity contribution in [3.8, 4) is 0 Å². The number of anilines is 1. The van der Waals surface area contributed by atoms with Crippen molar-refractivity contribution in [2.45, 2.75) is 45.8 Å². The summed E-state index contributed by atoms with van der Waals surface area (Å²) in [6, 6.07) is 8.36. The van der Waals surface area contributed by atoms with Crippen LogP contribution in [0, 0.1) is 5.92 Å². The molecule has 2 N–H and O–H groups in total. The SMILES string of the molecule is CC(O)CCN(C)C(=O)NCc1ccc(N2CCC(C)CC2)cc1. The molecule has 0 saturated carbocycles. The van der Waals surface area contributed by atoms with Gasteiger partial charge in [-0.3, -0.25) is 0 Å². The number of urea groups is 1. The van der Waals surface area contributed by atoms with Gasteiger partial charge in [0, 0.05) is 38.9 Å². The maximum atomic E-state index is 12.0. The molecule has 2 amide bonds.